The summed E-state index contributed by atoms with van der Waals surface area (Å²) in [5.41, 5.74) is 0.956. The minimum absolute atomic E-state index is 0.0387. The van der Waals surface area contributed by atoms with Gasteiger partial charge in [-0.25, -0.2) is 9.78 Å². The van der Waals surface area contributed by atoms with Gasteiger partial charge in [0.2, 0.25) is 5.88 Å². The number of benzene rings is 1. The molecule has 0 unspecified atom stereocenters. The number of esters is 1. The maximum Gasteiger partial charge on any atom is 0.337 e. The van der Waals surface area contributed by atoms with E-state index in [9.17, 15) is 9.59 Å². The standard InChI is InChI=1S/C17H16N2O4/c1-22-17(21)13-7-5-12(6-8-13)16(20)19-10-14(11-19)23-15-4-2-3-9-18-15/h2-9,14H,10-11H2,1H3. The molecule has 2 heterocycles. The van der Waals surface area contributed by atoms with Gasteiger partial charge in [0.15, 0.2) is 0 Å². The summed E-state index contributed by atoms with van der Waals surface area (Å²) in [5.74, 6) is 0.0612. The van der Waals surface area contributed by atoms with E-state index in [1.807, 2.05) is 12.1 Å². The van der Waals surface area contributed by atoms with Crippen LogP contribution in [0.1, 0.15) is 20.7 Å². The first-order valence-electron chi connectivity index (χ1n) is 7.22. The Hall–Kier alpha value is -2.89. The Morgan fingerprint density at radius 3 is 2.39 bits per heavy atom. The van der Waals surface area contributed by atoms with Crippen LogP contribution >= 0.6 is 0 Å². The van der Waals surface area contributed by atoms with E-state index in [0.717, 1.165) is 0 Å². The quantitative estimate of drug-likeness (QED) is 0.805. The SMILES string of the molecule is COC(=O)c1ccc(C(=O)N2CC(Oc3ccccn3)C2)cc1. The summed E-state index contributed by atoms with van der Waals surface area (Å²) in [6.45, 7) is 1.04. The van der Waals surface area contributed by atoms with Crippen LogP contribution in [0, 0.1) is 0 Å². The van der Waals surface area contributed by atoms with Crippen LogP contribution in [0.5, 0.6) is 5.88 Å². The number of likely N-dealkylation sites (tertiary alicyclic amines) is 1. The number of carbonyl (C=O) groups is 2. The molecule has 0 aliphatic carbocycles. The summed E-state index contributed by atoms with van der Waals surface area (Å²) in [5, 5.41) is 0. The van der Waals surface area contributed by atoms with Crippen LogP contribution in [0.4, 0.5) is 0 Å². The van der Waals surface area contributed by atoms with E-state index in [1.54, 1.807) is 41.4 Å². The second kappa shape index (κ2) is 6.48. The van der Waals surface area contributed by atoms with Crippen molar-refractivity contribution in [2.24, 2.45) is 0 Å². The fourth-order valence-electron chi connectivity index (χ4n) is 2.32. The van der Waals surface area contributed by atoms with Crippen molar-refractivity contribution in [2.45, 2.75) is 6.10 Å². The Kier molecular flexibility index (Phi) is 4.23. The fraction of sp³-hybridized carbons (Fsp3) is 0.235. The lowest BCUT2D eigenvalue weighted by atomic mass is 10.1. The summed E-state index contributed by atoms with van der Waals surface area (Å²) in [7, 11) is 1.32. The first-order chi connectivity index (χ1) is 11.2. The maximum atomic E-state index is 12.3. The number of aromatic nitrogens is 1. The van der Waals surface area contributed by atoms with Gasteiger partial charge < -0.3 is 14.4 Å². The third kappa shape index (κ3) is 3.31. The Bertz CT molecular complexity index is 694. The molecule has 1 aromatic carbocycles. The third-order valence-electron chi connectivity index (χ3n) is 3.61. The van der Waals surface area contributed by atoms with Gasteiger partial charge >= 0.3 is 5.97 Å². The minimum atomic E-state index is -0.420. The molecule has 1 aliphatic rings. The van der Waals surface area contributed by atoms with Crippen molar-refractivity contribution >= 4 is 11.9 Å². The van der Waals surface area contributed by atoms with E-state index < -0.39 is 5.97 Å². The molecule has 1 fully saturated rings. The molecule has 0 N–H and O–H groups in total. The number of hydrogen-bond donors (Lipinski definition) is 0. The molecule has 2 aromatic rings. The van der Waals surface area contributed by atoms with Crippen molar-refractivity contribution in [3.05, 3.63) is 59.8 Å². The maximum absolute atomic E-state index is 12.3. The molecule has 0 atom stereocenters. The summed E-state index contributed by atoms with van der Waals surface area (Å²) < 4.78 is 10.3. The van der Waals surface area contributed by atoms with Crippen LogP contribution < -0.4 is 4.74 Å². The van der Waals surface area contributed by atoms with Crippen molar-refractivity contribution in [3.8, 4) is 5.88 Å². The van der Waals surface area contributed by atoms with E-state index in [2.05, 4.69) is 9.72 Å². The van der Waals surface area contributed by atoms with Gasteiger partial charge in [-0.3, -0.25) is 4.79 Å². The van der Waals surface area contributed by atoms with Crippen molar-refractivity contribution in [2.75, 3.05) is 20.2 Å². The number of carbonyl (C=O) groups excluding carboxylic acids is 2. The van der Waals surface area contributed by atoms with Crippen molar-refractivity contribution in [1.29, 1.82) is 0 Å². The van der Waals surface area contributed by atoms with Gasteiger partial charge in [-0.05, 0) is 30.3 Å². The van der Waals surface area contributed by atoms with Crippen molar-refractivity contribution in [3.63, 3.8) is 0 Å². The van der Waals surface area contributed by atoms with Crippen LogP contribution in [0.3, 0.4) is 0 Å². The van der Waals surface area contributed by atoms with Gasteiger partial charge in [-0.2, -0.15) is 0 Å². The molecule has 1 aliphatic heterocycles. The highest BCUT2D eigenvalue weighted by Crippen LogP contribution is 2.18. The molecule has 0 saturated carbocycles. The highest BCUT2D eigenvalue weighted by molar-refractivity contribution is 5.96. The highest BCUT2D eigenvalue weighted by Gasteiger charge is 2.33. The number of nitrogens with zero attached hydrogens (tertiary/aromatic N) is 2. The largest absolute Gasteiger partial charge is 0.471 e. The highest BCUT2D eigenvalue weighted by atomic mass is 16.5. The zero-order valence-electron chi connectivity index (χ0n) is 12.6. The smallest absolute Gasteiger partial charge is 0.337 e. The van der Waals surface area contributed by atoms with Crippen LogP contribution in [0.15, 0.2) is 48.7 Å². The molecule has 1 amide bonds. The van der Waals surface area contributed by atoms with Crippen LogP contribution in [0.25, 0.3) is 0 Å². The van der Waals surface area contributed by atoms with E-state index in [-0.39, 0.29) is 12.0 Å². The zero-order valence-corrected chi connectivity index (χ0v) is 12.6. The molecule has 23 heavy (non-hydrogen) atoms. The number of hydrogen-bond acceptors (Lipinski definition) is 5. The van der Waals surface area contributed by atoms with Gasteiger partial charge in [0.25, 0.3) is 5.91 Å². The Balaban J connectivity index is 1.55. The average Bonchev–Trinajstić information content (AvgIpc) is 2.57. The molecule has 6 nitrogen and oxygen atoms in total. The van der Waals surface area contributed by atoms with Crippen LogP contribution in [0.2, 0.25) is 0 Å². The molecule has 118 valence electrons. The average molecular weight is 312 g/mol. The van der Waals surface area contributed by atoms with E-state index in [4.69, 9.17) is 4.74 Å². The third-order valence-corrected chi connectivity index (χ3v) is 3.61. The molecule has 3 rings (SSSR count). The molecular formula is C17H16N2O4. The molecule has 6 heteroatoms. The number of pyridine rings is 1. The molecule has 0 radical (unpaired) electrons. The molecule has 0 spiro atoms. The minimum Gasteiger partial charge on any atom is -0.471 e. The second-order valence-electron chi connectivity index (χ2n) is 5.19. The fourth-order valence-corrected chi connectivity index (χ4v) is 2.32. The topological polar surface area (TPSA) is 68.7 Å². The summed E-state index contributed by atoms with van der Waals surface area (Å²) in [6, 6.07) is 11.9. The molecule has 1 saturated heterocycles. The first-order valence-corrected chi connectivity index (χ1v) is 7.22. The number of ether oxygens (including phenoxy) is 2. The number of rotatable bonds is 4. The van der Waals surface area contributed by atoms with Crippen LogP contribution in [-0.4, -0.2) is 48.1 Å². The lowest BCUT2D eigenvalue weighted by Crippen LogP contribution is -2.56. The molecule has 0 bridgehead atoms. The Morgan fingerprint density at radius 1 is 1.09 bits per heavy atom. The second-order valence-corrected chi connectivity index (χ2v) is 5.19. The first kappa shape index (κ1) is 15.0. The van der Waals surface area contributed by atoms with Gasteiger partial charge in [0, 0.05) is 17.8 Å². The van der Waals surface area contributed by atoms with Gasteiger partial charge in [-0.1, -0.05) is 6.07 Å². The van der Waals surface area contributed by atoms with E-state index in [1.165, 1.54) is 7.11 Å². The summed E-state index contributed by atoms with van der Waals surface area (Å²) in [6.07, 6.45) is 1.63. The van der Waals surface area contributed by atoms with Crippen molar-refractivity contribution < 1.29 is 19.1 Å². The van der Waals surface area contributed by atoms with Gasteiger partial charge in [0.1, 0.15) is 6.10 Å². The molecule has 1 aromatic heterocycles. The number of methoxy groups -OCH3 is 1. The number of amides is 1. The normalized spacial score (nSPS) is 14.0. The van der Waals surface area contributed by atoms with Crippen LogP contribution in [-0.2, 0) is 4.74 Å². The zero-order chi connectivity index (χ0) is 16.2. The van der Waals surface area contributed by atoms with Gasteiger partial charge in [0.05, 0.1) is 25.8 Å². The predicted molar refractivity (Wildman–Crippen MR) is 82.3 cm³/mol. The lowest BCUT2D eigenvalue weighted by Gasteiger charge is -2.38. The van der Waals surface area contributed by atoms with E-state index in [0.29, 0.717) is 30.1 Å². The Labute approximate surface area is 133 Å². The predicted octanol–water partition coefficient (Wildman–Crippen LogP) is 1.77. The monoisotopic (exact) mass is 312 g/mol. The van der Waals surface area contributed by atoms with E-state index >= 15 is 0 Å². The lowest BCUT2D eigenvalue weighted by molar-refractivity contribution is 0.0160. The summed E-state index contributed by atoms with van der Waals surface area (Å²) in [4.78, 5) is 29.5. The molecular weight excluding hydrogens is 296 g/mol. The van der Waals surface area contributed by atoms with Crippen molar-refractivity contribution in [1.82, 2.24) is 9.88 Å². The Morgan fingerprint density at radius 2 is 1.78 bits per heavy atom. The summed E-state index contributed by atoms with van der Waals surface area (Å²) >= 11 is 0. The van der Waals surface area contributed by atoms with Gasteiger partial charge in [-0.15, -0.1) is 0 Å².